The Balaban J connectivity index is 1.65. The van der Waals surface area contributed by atoms with Crippen molar-refractivity contribution in [1.82, 2.24) is 24.9 Å². The van der Waals surface area contributed by atoms with Gasteiger partial charge < -0.3 is 4.90 Å². The lowest BCUT2D eigenvalue weighted by atomic mass is 9.86. The lowest BCUT2D eigenvalue weighted by Crippen LogP contribution is -2.39. The van der Waals surface area contributed by atoms with Crippen molar-refractivity contribution >= 4 is 11.8 Å². The van der Waals surface area contributed by atoms with E-state index in [2.05, 4.69) is 38.8 Å². The van der Waals surface area contributed by atoms with Crippen molar-refractivity contribution in [1.29, 1.82) is 0 Å². The smallest absolute Gasteiger partial charge is 0.313 e. The number of fused-ring (bicyclic) bond motifs is 1. The van der Waals surface area contributed by atoms with Gasteiger partial charge in [0.05, 0.1) is 12.2 Å². The fraction of sp³-hybridized carbons (Fsp3) is 0.300. The van der Waals surface area contributed by atoms with Crippen molar-refractivity contribution < 1.29 is 4.79 Å². The number of anilines is 1. The van der Waals surface area contributed by atoms with Gasteiger partial charge in [-0.3, -0.25) is 15.0 Å². The zero-order valence-electron chi connectivity index (χ0n) is 15.2. The molecule has 1 unspecified atom stereocenters. The fourth-order valence-corrected chi connectivity index (χ4v) is 3.65. The van der Waals surface area contributed by atoms with E-state index in [0.29, 0.717) is 12.4 Å². The Morgan fingerprint density at radius 1 is 1.30 bits per heavy atom. The SMILES string of the molecule is Cn1cc(NC(=O)N(Cc2cccnc2)C2CCCc3ccccc32)nn1. The van der Waals surface area contributed by atoms with Gasteiger partial charge in [0.25, 0.3) is 0 Å². The number of carbonyl (C=O) groups excluding carboxylic acids is 1. The fourth-order valence-electron chi connectivity index (χ4n) is 3.65. The summed E-state index contributed by atoms with van der Waals surface area (Å²) >= 11 is 0. The van der Waals surface area contributed by atoms with Gasteiger partial charge in [0.2, 0.25) is 0 Å². The zero-order valence-corrected chi connectivity index (χ0v) is 15.2. The van der Waals surface area contributed by atoms with Crippen LogP contribution in [0.15, 0.2) is 55.0 Å². The number of hydrogen-bond acceptors (Lipinski definition) is 4. The summed E-state index contributed by atoms with van der Waals surface area (Å²) in [4.78, 5) is 19.2. The molecule has 1 aliphatic rings. The van der Waals surface area contributed by atoms with Gasteiger partial charge >= 0.3 is 6.03 Å². The maximum absolute atomic E-state index is 13.2. The van der Waals surface area contributed by atoms with E-state index in [4.69, 9.17) is 0 Å². The molecule has 2 amide bonds. The van der Waals surface area contributed by atoms with Crippen LogP contribution in [-0.2, 0) is 20.0 Å². The van der Waals surface area contributed by atoms with Gasteiger partial charge in [0.1, 0.15) is 0 Å². The van der Waals surface area contributed by atoms with Crippen LogP contribution in [0.3, 0.4) is 0 Å². The lowest BCUT2D eigenvalue weighted by Gasteiger charge is -2.35. The first kappa shape index (κ1) is 17.2. The van der Waals surface area contributed by atoms with Gasteiger partial charge in [-0.15, -0.1) is 5.10 Å². The maximum Gasteiger partial charge on any atom is 0.323 e. The number of aryl methyl sites for hydroxylation is 2. The van der Waals surface area contributed by atoms with E-state index in [0.717, 1.165) is 24.8 Å². The zero-order chi connectivity index (χ0) is 18.6. The molecule has 0 bridgehead atoms. The number of nitrogens with one attached hydrogen (secondary N) is 1. The molecule has 0 saturated carbocycles. The van der Waals surface area contributed by atoms with Crippen LogP contribution in [0.25, 0.3) is 0 Å². The number of pyridine rings is 1. The minimum Gasteiger partial charge on any atom is -0.313 e. The summed E-state index contributed by atoms with van der Waals surface area (Å²) in [6.45, 7) is 0.485. The Morgan fingerprint density at radius 3 is 2.96 bits per heavy atom. The summed E-state index contributed by atoms with van der Waals surface area (Å²) in [7, 11) is 1.77. The van der Waals surface area contributed by atoms with Crippen molar-refractivity contribution in [2.45, 2.75) is 31.8 Å². The Bertz CT molecular complexity index is 923. The molecule has 4 rings (SSSR count). The largest absolute Gasteiger partial charge is 0.323 e. The van der Waals surface area contributed by atoms with Crippen LogP contribution in [-0.4, -0.2) is 30.9 Å². The number of nitrogens with zero attached hydrogens (tertiary/aromatic N) is 5. The highest BCUT2D eigenvalue weighted by Crippen LogP contribution is 2.35. The average Bonchev–Trinajstić information content (AvgIpc) is 3.11. The number of aromatic nitrogens is 4. The third-order valence-corrected chi connectivity index (χ3v) is 4.89. The lowest BCUT2D eigenvalue weighted by molar-refractivity contribution is 0.175. The highest BCUT2D eigenvalue weighted by Gasteiger charge is 2.29. The summed E-state index contributed by atoms with van der Waals surface area (Å²) in [6, 6.07) is 12.1. The molecular formula is C20H22N6O. The monoisotopic (exact) mass is 362 g/mol. The molecule has 1 N–H and O–H groups in total. The van der Waals surface area contributed by atoms with Crippen LogP contribution in [0.4, 0.5) is 10.6 Å². The molecule has 0 spiro atoms. The predicted molar refractivity (Wildman–Crippen MR) is 102 cm³/mol. The highest BCUT2D eigenvalue weighted by molar-refractivity contribution is 5.88. The summed E-state index contributed by atoms with van der Waals surface area (Å²) < 4.78 is 1.57. The van der Waals surface area contributed by atoms with Crippen molar-refractivity contribution in [2.24, 2.45) is 7.05 Å². The number of hydrogen-bond donors (Lipinski definition) is 1. The number of carbonyl (C=O) groups is 1. The molecule has 1 aromatic carbocycles. The first-order chi connectivity index (χ1) is 13.2. The van der Waals surface area contributed by atoms with Crippen molar-refractivity contribution in [3.63, 3.8) is 0 Å². The molecule has 0 aliphatic heterocycles. The van der Waals surface area contributed by atoms with Gasteiger partial charge in [0, 0.05) is 26.0 Å². The Morgan fingerprint density at radius 2 is 2.19 bits per heavy atom. The quantitative estimate of drug-likeness (QED) is 0.772. The molecule has 2 aromatic heterocycles. The van der Waals surface area contributed by atoms with Gasteiger partial charge in [-0.05, 0) is 42.0 Å². The standard InChI is InChI=1S/C20H22N6O/c1-25-14-19(23-24-25)22-20(27)26(13-15-6-5-11-21-12-15)18-10-4-8-16-7-2-3-9-17(16)18/h2-3,5-7,9,11-12,14,18H,4,8,10,13H2,1H3,(H,22,27). The minimum absolute atomic E-state index is 0.0202. The molecule has 0 radical (unpaired) electrons. The maximum atomic E-state index is 13.2. The number of rotatable bonds is 4. The van der Waals surface area contributed by atoms with Crippen LogP contribution in [0.5, 0.6) is 0 Å². The normalized spacial score (nSPS) is 15.8. The molecule has 1 atom stereocenters. The van der Waals surface area contributed by atoms with Crippen LogP contribution in [0.1, 0.15) is 35.6 Å². The molecule has 2 heterocycles. The molecule has 27 heavy (non-hydrogen) atoms. The second-order valence-electron chi connectivity index (χ2n) is 6.80. The summed E-state index contributed by atoms with van der Waals surface area (Å²) in [5.41, 5.74) is 3.54. The third-order valence-electron chi connectivity index (χ3n) is 4.89. The second kappa shape index (κ2) is 7.57. The van der Waals surface area contributed by atoms with E-state index in [9.17, 15) is 4.79 Å². The van der Waals surface area contributed by atoms with E-state index in [-0.39, 0.29) is 12.1 Å². The Hall–Kier alpha value is -3.22. The summed E-state index contributed by atoms with van der Waals surface area (Å²) in [5.74, 6) is 0.447. The Kier molecular flexibility index (Phi) is 4.82. The molecule has 1 aliphatic carbocycles. The molecule has 3 aromatic rings. The van der Waals surface area contributed by atoms with Gasteiger partial charge in [-0.2, -0.15) is 0 Å². The van der Waals surface area contributed by atoms with Gasteiger partial charge in [-0.25, -0.2) is 4.79 Å². The first-order valence-electron chi connectivity index (χ1n) is 9.11. The van der Waals surface area contributed by atoms with Crippen molar-refractivity contribution in [2.75, 3.05) is 5.32 Å². The number of amides is 2. The van der Waals surface area contributed by atoms with E-state index < -0.39 is 0 Å². The molecular weight excluding hydrogens is 340 g/mol. The van der Waals surface area contributed by atoms with Crippen molar-refractivity contribution in [3.05, 3.63) is 71.7 Å². The van der Waals surface area contributed by atoms with E-state index in [1.165, 1.54) is 11.1 Å². The average molecular weight is 362 g/mol. The summed E-state index contributed by atoms with van der Waals surface area (Å²) in [6.07, 6.45) is 8.28. The molecule has 0 saturated heterocycles. The van der Waals surface area contributed by atoms with Crippen molar-refractivity contribution in [3.8, 4) is 0 Å². The Labute approximate surface area is 158 Å². The molecule has 7 heteroatoms. The first-order valence-corrected chi connectivity index (χ1v) is 9.11. The number of urea groups is 1. The highest BCUT2D eigenvalue weighted by atomic mass is 16.2. The van der Waals surface area contributed by atoms with E-state index in [1.54, 1.807) is 30.3 Å². The molecule has 7 nitrogen and oxygen atoms in total. The molecule has 138 valence electrons. The van der Waals surface area contributed by atoms with Crippen LogP contribution in [0.2, 0.25) is 0 Å². The molecule has 0 fully saturated rings. The predicted octanol–water partition coefficient (Wildman–Crippen LogP) is 3.32. The number of benzene rings is 1. The summed E-state index contributed by atoms with van der Waals surface area (Å²) in [5, 5.41) is 10.7. The van der Waals surface area contributed by atoms with Gasteiger partial charge in [-0.1, -0.05) is 35.5 Å². The van der Waals surface area contributed by atoms with Crippen LogP contribution >= 0.6 is 0 Å². The van der Waals surface area contributed by atoms with Crippen LogP contribution < -0.4 is 5.32 Å². The second-order valence-corrected chi connectivity index (χ2v) is 6.80. The van der Waals surface area contributed by atoms with Crippen LogP contribution in [0, 0.1) is 0 Å². The minimum atomic E-state index is -0.180. The van der Waals surface area contributed by atoms with E-state index >= 15 is 0 Å². The van der Waals surface area contributed by atoms with E-state index in [1.807, 2.05) is 23.1 Å². The van der Waals surface area contributed by atoms with Gasteiger partial charge in [0.15, 0.2) is 5.82 Å². The topological polar surface area (TPSA) is 75.9 Å². The third kappa shape index (κ3) is 3.81.